The predicted octanol–water partition coefficient (Wildman–Crippen LogP) is 2.67. The lowest BCUT2D eigenvalue weighted by Gasteiger charge is -2.24. The molecule has 1 N–H and O–H groups in total. The van der Waals surface area contributed by atoms with Crippen LogP contribution in [0.5, 0.6) is 11.5 Å². The lowest BCUT2D eigenvalue weighted by Crippen LogP contribution is -2.35. The molecule has 19 heavy (non-hydrogen) atoms. The van der Waals surface area contributed by atoms with Crippen molar-refractivity contribution in [3.8, 4) is 11.5 Å². The normalized spacial score (nSPS) is 19.3. The van der Waals surface area contributed by atoms with Crippen molar-refractivity contribution in [3.05, 3.63) is 23.3 Å². The van der Waals surface area contributed by atoms with Crippen molar-refractivity contribution in [1.82, 2.24) is 5.32 Å². The molecule has 0 aromatic heterocycles. The molecule has 0 bridgehead atoms. The zero-order chi connectivity index (χ0) is 13.8. The van der Waals surface area contributed by atoms with Gasteiger partial charge in [-0.2, -0.15) is 4.39 Å². The first-order valence-electron chi connectivity index (χ1n) is 6.49. The largest absolute Gasteiger partial charge is 0.492 e. The SMILES string of the molecule is COc1c(CC2CCCCN2)cc(F)c(F)c1OC. The standard InChI is InChI=1S/C14H19F2NO2/c1-18-13-9(7-10-5-3-4-6-17-10)8-11(15)12(16)14(13)19-2/h8,10,17H,3-7H2,1-2H3. The Morgan fingerprint density at radius 3 is 2.53 bits per heavy atom. The molecule has 2 rings (SSSR count). The Labute approximate surface area is 111 Å². The van der Waals surface area contributed by atoms with Gasteiger partial charge in [-0.1, -0.05) is 6.42 Å². The molecule has 0 radical (unpaired) electrons. The van der Waals surface area contributed by atoms with Crippen molar-refractivity contribution in [1.29, 1.82) is 0 Å². The molecular formula is C14H19F2NO2. The molecule has 1 saturated heterocycles. The molecule has 106 valence electrons. The molecule has 0 aliphatic carbocycles. The highest BCUT2D eigenvalue weighted by Gasteiger charge is 2.23. The van der Waals surface area contributed by atoms with E-state index >= 15 is 0 Å². The lowest BCUT2D eigenvalue weighted by molar-refractivity contribution is 0.321. The molecule has 0 amide bonds. The molecule has 1 heterocycles. The Bertz CT molecular complexity index is 446. The number of rotatable bonds is 4. The summed E-state index contributed by atoms with van der Waals surface area (Å²) in [4.78, 5) is 0. The molecule has 1 fully saturated rings. The number of hydrogen-bond acceptors (Lipinski definition) is 3. The molecule has 1 atom stereocenters. The smallest absolute Gasteiger partial charge is 0.204 e. The van der Waals surface area contributed by atoms with Crippen molar-refractivity contribution in [2.24, 2.45) is 0 Å². The van der Waals surface area contributed by atoms with E-state index in [9.17, 15) is 8.78 Å². The van der Waals surface area contributed by atoms with Crippen LogP contribution in [0, 0.1) is 11.6 Å². The summed E-state index contributed by atoms with van der Waals surface area (Å²) in [6.45, 7) is 0.966. The van der Waals surface area contributed by atoms with E-state index in [-0.39, 0.29) is 17.5 Å². The van der Waals surface area contributed by atoms with Gasteiger partial charge >= 0.3 is 0 Å². The van der Waals surface area contributed by atoms with Crippen molar-refractivity contribution < 1.29 is 18.3 Å². The highest BCUT2D eigenvalue weighted by molar-refractivity contribution is 5.48. The van der Waals surface area contributed by atoms with Gasteiger partial charge in [0.1, 0.15) is 0 Å². The summed E-state index contributed by atoms with van der Waals surface area (Å²) < 4.78 is 37.3. The Hall–Kier alpha value is -1.36. The fourth-order valence-electron chi connectivity index (χ4n) is 2.56. The molecule has 1 aliphatic rings. The van der Waals surface area contributed by atoms with E-state index in [1.54, 1.807) is 0 Å². The van der Waals surface area contributed by atoms with Crippen LogP contribution in [-0.2, 0) is 6.42 Å². The van der Waals surface area contributed by atoms with Gasteiger partial charge in [-0.3, -0.25) is 0 Å². The van der Waals surface area contributed by atoms with E-state index in [2.05, 4.69) is 5.32 Å². The van der Waals surface area contributed by atoms with Gasteiger partial charge < -0.3 is 14.8 Å². The van der Waals surface area contributed by atoms with Crippen molar-refractivity contribution in [3.63, 3.8) is 0 Å². The van der Waals surface area contributed by atoms with Crippen LogP contribution in [0.3, 0.4) is 0 Å². The number of hydrogen-bond donors (Lipinski definition) is 1. The number of methoxy groups -OCH3 is 2. The minimum absolute atomic E-state index is 0.159. The van der Waals surface area contributed by atoms with Crippen LogP contribution in [0.1, 0.15) is 24.8 Å². The zero-order valence-electron chi connectivity index (χ0n) is 11.3. The predicted molar refractivity (Wildman–Crippen MR) is 68.8 cm³/mol. The minimum Gasteiger partial charge on any atom is -0.492 e. The first-order valence-corrected chi connectivity index (χ1v) is 6.49. The molecule has 0 spiro atoms. The third-order valence-corrected chi connectivity index (χ3v) is 3.49. The van der Waals surface area contributed by atoms with Gasteiger partial charge in [0.25, 0.3) is 0 Å². The van der Waals surface area contributed by atoms with Crippen molar-refractivity contribution in [2.75, 3.05) is 20.8 Å². The van der Waals surface area contributed by atoms with Crippen LogP contribution in [-0.4, -0.2) is 26.8 Å². The second-order valence-corrected chi connectivity index (χ2v) is 4.75. The van der Waals surface area contributed by atoms with Gasteiger partial charge in [-0.15, -0.1) is 0 Å². The van der Waals surface area contributed by atoms with Crippen LogP contribution in [0.15, 0.2) is 6.07 Å². The first kappa shape index (κ1) is 14.1. The Balaban J connectivity index is 2.30. The van der Waals surface area contributed by atoms with E-state index < -0.39 is 11.6 Å². The zero-order valence-corrected chi connectivity index (χ0v) is 11.3. The van der Waals surface area contributed by atoms with Crippen LogP contribution >= 0.6 is 0 Å². The van der Waals surface area contributed by atoms with E-state index in [0.717, 1.165) is 25.8 Å². The maximum Gasteiger partial charge on any atom is 0.204 e. The maximum absolute atomic E-state index is 13.6. The highest BCUT2D eigenvalue weighted by Crippen LogP contribution is 2.36. The second-order valence-electron chi connectivity index (χ2n) is 4.75. The average Bonchev–Trinajstić information content (AvgIpc) is 2.43. The summed E-state index contributed by atoms with van der Waals surface area (Å²) in [6, 6.07) is 1.48. The number of benzene rings is 1. The molecule has 1 aromatic rings. The second kappa shape index (κ2) is 6.19. The fourth-order valence-corrected chi connectivity index (χ4v) is 2.56. The summed E-state index contributed by atoms with van der Waals surface area (Å²) >= 11 is 0. The first-order chi connectivity index (χ1) is 9.17. The van der Waals surface area contributed by atoms with Gasteiger partial charge in [-0.25, -0.2) is 4.39 Å². The Morgan fingerprint density at radius 1 is 1.21 bits per heavy atom. The van der Waals surface area contributed by atoms with E-state index in [0.29, 0.717) is 12.0 Å². The summed E-state index contributed by atoms with van der Waals surface area (Å²) in [6.07, 6.45) is 3.96. The number of piperidine rings is 1. The van der Waals surface area contributed by atoms with E-state index in [1.165, 1.54) is 20.3 Å². The minimum atomic E-state index is -1.00. The van der Waals surface area contributed by atoms with Crippen molar-refractivity contribution >= 4 is 0 Å². The number of ether oxygens (including phenoxy) is 2. The third kappa shape index (κ3) is 2.97. The molecular weight excluding hydrogens is 252 g/mol. The van der Waals surface area contributed by atoms with Crippen LogP contribution in [0.2, 0.25) is 0 Å². The van der Waals surface area contributed by atoms with E-state index in [1.807, 2.05) is 0 Å². The molecule has 3 nitrogen and oxygen atoms in total. The van der Waals surface area contributed by atoms with E-state index in [4.69, 9.17) is 9.47 Å². The summed E-state index contributed by atoms with van der Waals surface area (Å²) in [5.41, 5.74) is 0.637. The van der Waals surface area contributed by atoms with Crippen molar-refractivity contribution in [2.45, 2.75) is 31.7 Å². The summed E-state index contributed by atoms with van der Waals surface area (Å²) in [7, 11) is 2.75. The summed E-state index contributed by atoms with van der Waals surface area (Å²) in [5.74, 6) is -1.77. The Kier molecular flexibility index (Phi) is 4.58. The maximum atomic E-state index is 13.6. The van der Waals surface area contributed by atoms with Gasteiger partial charge in [0.05, 0.1) is 14.2 Å². The molecule has 1 aromatic carbocycles. The van der Waals surface area contributed by atoms with Gasteiger partial charge in [0.2, 0.25) is 5.82 Å². The fraction of sp³-hybridized carbons (Fsp3) is 0.571. The monoisotopic (exact) mass is 271 g/mol. The third-order valence-electron chi connectivity index (χ3n) is 3.49. The molecule has 0 saturated carbocycles. The highest BCUT2D eigenvalue weighted by atomic mass is 19.2. The number of halogens is 2. The van der Waals surface area contributed by atoms with Gasteiger partial charge in [-0.05, 0) is 31.9 Å². The topological polar surface area (TPSA) is 30.5 Å². The quantitative estimate of drug-likeness (QED) is 0.913. The number of nitrogens with one attached hydrogen (secondary N) is 1. The van der Waals surface area contributed by atoms with Gasteiger partial charge in [0, 0.05) is 11.6 Å². The summed E-state index contributed by atoms with van der Waals surface area (Å²) in [5, 5.41) is 3.38. The van der Waals surface area contributed by atoms with Crippen LogP contribution < -0.4 is 14.8 Å². The van der Waals surface area contributed by atoms with Crippen LogP contribution in [0.4, 0.5) is 8.78 Å². The Morgan fingerprint density at radius 2 is 1.95 bits per heavy atom. The lowest BCUT2D eigenvalue weighted by atomic mass is 9.97. The average molecular weight is 271 g/mol. The molecule has 5 heteroatoms. The molecule has 1 unspecified atom stereocenters. The van der Waals surface area contributed by atoms with Crippen LogP contribution in [0.25, 0.3) is 0 Å². The molecule has 1 aliphatic heterocycles. The van der Waals surface area contributed by atoms with Gasteiger partial charge in [0.15, 0.2) is 17.3 Å².